The van der Waals surface area contributed by atoms with E-state index in [4.69, 9.17) is 0 Å². The maximum absolute atomic E-state index is 10.6. The van der Waals surface area contributed by atoms with E-state index in [1.807, 2.05) is 18.2 Å². The zero-order chi connectivity index (χ0) is 14.7. The Kier molecular flexibility index (Phi) is 4.14. The highest BCUT2D eigenvalue weighted by Gasteiger charge is 2.19. The minimum Gasteiger partial charge on any atom is -0.508 e. The lowest BCUT2D eigenvalue weighted by Gasteiger charge is -2.23. The van der Waals surface area contributed by atoms with Gasteiger partial charge >= 0.3 is 0 Å². The number of para-hydroxylation sites is 1. The molecular formula is C19H22O2. The van der Waals surface area contributed by atoms with E-state index >= 15 is 0 Å². The summed E-state index contributed by atoms with van der Waals surface area (Å²) in [6.07, 6.45) is 6.95. The number of phenols is 2. The maximum atomic E-state index is 10.6. The van der Waals surface area contributed by atoms with Crippen LogP contribution in [0.1, 0.15) is 54.7 Å². The molecule has 21 heavy (non-hydrogen) atoms. The molecule has 0 aliphatic heterocycles. The van der Waals surface area contributed by atoms with Crippen LogP contribution in [0.15, 0.2) is 42.5 Å². The van der Waals surface area contributed by atoms with Crippen LogP contribution in [0.25, 0.3) is 0 Å². The average molecular weight is 282 g/mol. The molecule has 0 saturated heterocycles. The summed E-state index contributed by atoms with van der Waals surface area (Å²) < 4.78 is 0. The molecule has 0 radical (unpaired) electrons. The van der Waals surface area contributed by atoms with E-state index in [0.717, 1.165) is 16.7 Å². The molecule has 2 aromatic carbocycles. The van der Waals surface area contributed by atoms with Crippen molar-refractivity contribution in [1.82, 2.24) is 0 Å². The van der Waals surface area contributed by atoms with Crippen LogP contribution in [0.2, 0.25) is 0 Å². The highest BCUT2D eigenvalue weighted by Crippen LogP contribution is 2.38. The van der Waals surface area contributed by atoms with Crippen molar-refractivity contribution in [3.05, 3.63) is 59.2 Å². The van der Waals surface area contributed by atoms with Gasteiger partial charge in [-0.25, -0.2) is 0 Å². The summed E-state index contributed by atoms with van der Waals surface area (Å²) >= 11 is 0. The van der Waals surface area contributed by atoms with Crippen LogP contribution in [0.3, 0.4) is 0 Å². The van der Waals surface area contributed by atoms with Gasteiger partial charge in [-0.05, 0) is 47.6 Å². The predicted molar refractivity (Wildman–Crippen MR) is 84.8 cm³/mol. The summed E-state index contributed by atoms with van der Waals surface area (Å²) in [6, 6.07) is 13.3. The highest BCUT2D eigenvalue weighted by atomic mass is 16.3. The number of phenolic OH excluding ortho intramolecular Hbond substituents is 2. The molecule has 1 saturated carbocycles. The van der Waals surface area contributed by atoms with E-state index in [-0.39, 0.29) is 5.75 Å². The van der Waals surface area contributed by atoms with Gasteiger partial charge in [0.05, 0.1) is 0 Å². The fourth-order valence-electron chi connectivity index (χ4n) is 3.33. The van der Waals surface area contributed by atoms with Crippen molar-refractivity contribution < 1.29 is 10.2 Å². The smallest absolute Gasteiger partial charge is 0.122 e. The van der Waals surface area contributed by atoms with Gasteiger partial charge in [0.25, 0.3) is 0 Å². The Balaban J connectivity index is 1.84. The summed E-state index contributed by atoms with van der Waals surface area (Å²) in [7, 11) is 0. The first kappa shape index (κ1) is 14.0. The fraction of sp³-hybridized carbons (Fsp3) is 0.368. The van der Waals surface area contributed by atoms with Crippen molar-refractivity contribution in [1.29, 1.82) is 0 Å². The van der Waals surface area contributed by atoms with Gasteiger partial charge in [0.15, 0.2) is 0 Å². The molecule has 0 aromatic heterocycles. The van der Waals surface area contributed by atoms with Crippen LogP contribution in [-0.2, 0) is 6.42 Å². The molecule has 2 heteroatoms. The standard InChI is InChI=1S/C19H22O2/c20-17-11-9-14(10-12-17)13-16-7-4-8-18(19(16)21)15-5-2-1-3-6-15/h4,7-12,15,20-21H,1-3,5-6,13H2. The quantitative estimate of drug-likeness (QED) is 0.854. The third-order valence-corrected chi connectivity index (χ3v) is 4.53. The van der Waals surface area contributed by atoms with E-state index < -0.39 is 0 Å². The zero-order valence-corrected chi connectivity index (χ0v) is 12.3. The SMILES string of the molecule is Oc1ccc(Cc2cccc(C3CCCCC3)c2O)cc1. The van der Waals surface area contributed by atoms with Gasteiger partial charge in [-0.3, -0.25) is 0 Å². The van der Waals surface area contributed by atoms with Crippen LogP contribution in [-0.4, -0.2) is 10.2 Å². The summed E-state index contributed by atoms with van der Waals surface area (Å²) in [5, 5.41) is 19.9. The molecule has 0 unspecified atom stereocenters. The van der Waals surface area contributed by atoms with Crippen LogP contribution < -0.4 is 0 Å². The number of aromatic hydroxyl groups is 2. The number of rotatable bonds is 3. The first-order valence-electron chi connectivity index (χ1n) is 7.82. The molecule has 1 fully saturated rings. The van der Waals surface area contributed by atoms with E-state index in [1.165, 1.54) is 32.1 Å². The third kappa shape index (κ3) is 3.21. The second-order valence-electron chi connectivity index (χ2n) is 6.03. The summed E-state index contributed by atoms with van der Waals surface area (Å²) in [4.78, 5) is 0. The summed E-state index contributed by atoms with van der Waals surface area (Å²) in [6.45, 7) is 0. The minimum atomic E-state index is 0.277. The van der Waals surface area contributed by atoms with Gasteiger partial charge in [-0.15, -0.1) is 0 Å². The molecule has 1 aliphatic carbocycles. The van der Waals surface area contributed by atoms with Gasteiger partial charge in [0.2, 0.25) is 0 Å². The van der Waals surface area contributed by atoms with Crippen LogP contribution in [0.5, 0.6) is 11.5 Å². The maximum Gasteiger partial charge on any atom is 0.122 e. The first-order chi connectivity index (χ1) is 10.2. The van der Waals surface area contributed by atoms with Crippen LogP contribution in [0, 0.1) is 0 Å². The molecule has 0 heterocycles. The van der Waals surface area contributed by atoms with E-state index in [9.17, 15) is 10.2 Å². The Morgan fingerprint density at radius 3 is 2.29 bits per heavy atom. The van der Waals surface area contributed by atoms with Crippen molar-refractivity contribution in [2.75, 3.05) is 0 Å². The Labute approximate surface area is 126 Å². The molecule has 0 amide bonds. The lowest BCUT2D eigenvalue weighted by atomic mass is 9.82. The van der Waals surface area contributed by atoms with Gasteiger partial charge in [-0.2, -0.15) is 0 Å². The summed E-state index contributed by atoms with van der Waals surface area (Å²) in [5.74, 6) is 1.26. The Bertz CT molecular complexity index is 595. The minimum absolute atomic E-state index is 0.277. The molecular weight excluding hydrogens is 260 g/mol. The van der Waals surface area contributed by atoms with Crippen molar-refractivity contribution in [3.8, 4) is 11.5 Å². The normalized spacial score (nSPS) is 16.0. The Hall–Kier alpha value is -1.96. The van der Waals surface area contributed by atoms with Crippen molar-refractivity contribution in [2.45, 2.75) is 44.4 Å². The lowest BCUT2D eigenvalue weighted by molar-refractivity contribution is 0.412. The molecule has 1 aliphatic rings. The van der Waals surface area contributed by atoms with E-state index in [1.54, 1.807) is 12.1 Å². The number of hydrogen-bond acceptors (Lipinski definition) is 2. The Morgan fingerprint density at radius 1 is 0.857 bits per heavy atom. The molecule has 0 bridgehead atoms. The van der Waals surface area contributed by atoms with Crippen molar-refractivity contribution in [3.63, 3.8) is 0 Å². The second-order valence-corrected chi connectivity index (χ2v) is 6.03. The van der Waals surface area contributed by atoms with Crippen LogP contribution >= 0.6 is 0 Å². The lowest BCUT2D eigenvalue weighted by Crippen LogP contribution is -2.05. The summed E-state index contributed by atoms with van der Waals surface area (Å²) in [5.41, 5.74) is 3.19. The molecule has 2 nitrogen and oxygen atoms in total. The average Bonchev–Trinajstić information content (AvgIpc) is 2.52. The second kappa shape index (κ2) is 6.21. The molecule has 2 aromatic rings. The molecule has 2 N–H and O–H groups in total. The van der Waals surface area contributed by atoms with Gasteiger partial charge in [0.1, 0.15) is 11.5 Å². The van der Waals surface area contributed by atoms with Gasteiger partial charge < -0.3 is 10.2 Å². The predicted octanol–water partition coefficient (Wildman–Crippen LogP) is 4.74. The fourth-order valence-corrected chi connectivity index (χ4v) is 3.33. The van der Waals surface area contributed by atoms with E-state index in [0.29, 0.717) is 18.1 Å². The number of hydrogen-bond donors (Lipinski definition) is 2. The van der Waals surface area contributed by atoms with Crippen molar-refractivity contribution in [2.24, 2.45) is 0 Å². The highest BCUT2D eigenvalue weighted by molar-refractivity contribution is 5.45. The zero-order valence-electron chi connectivity index (χ0n) is 12.3. The molecule has 3 rings (SSSR count). The first-order valence-corrected chi connectivity index (χ1v) is 7.82. The van der Waals surface area contributed by atoms with Gasteiger partial charge in [0, 0.05) is 6.42 Å². The molecule has 110 valence electrons. The topological polar surface area (TPSA) is 40.5 Å². The van der Waals surface area contributed by atoms with Crippen molar-refractivity contribution >= 4 is 0 Å². The Morgan fingerprint density at radius 2 is 1.57 bits per heavy atom. The van der Waals surface area contributed by atoms with E-state index in [2.05, 4.69) is 12.1 Å². The van der Waals surface area contributed by atoms with Crippen LogP contribution in [0.4, 0.5) is 0 Å². The monoisotopic (exact) mass is 282 g/mol. The van der Waals surface area contributed by atoms with Gasteiger partial charge in [-0.1, -0.05) is 49.6 Å². The molecule has 0 spiro atoms. The molecule has 0 atom stereocenters. The number of benzene rings is 2. The largest absolute Gasteiger partial charge is 0.508 e. The third-order valence-electron chi connectivity index (χ3n) is 4.53.